The largest absolute Gasteiger partial charge is 0.399 e. The van der Waals surface area contributed by atoms with Crippen molar-refractivity contribution in [3.63, 3.8) is 0 Å². The number of carbonyl (C=O) groups excluding carboxylic acids is 1. The fourth-order valence-electron chi connectivity index (χ4n) is 4.64. The molecule has 6 nitrogen and oxygen atoms in total. The van der Waals surface area contributed by atoms with Crippen LogP contribution in [0.5, 0.6) is 0 Å². The van der Waals surface area contributed by atoms with Crippen molar-refractivity contribution in [3.05, 3.63) is 33.9 Å². The van der Waals surface area contributed by atoms with E-state index in [2.05, 4.69) is 5.32 Å². The SMILES string of the molecule is Nc1ccc([N+](=O)[O-])c(C(=O)NC2C3C4CCC(C4)C23)c1. The van der Waals surface area contributed by atoms with Crippen molar-refractivity contribution in [2.24, 2.45) is 23.7 Å². The van der Waals surface area contributed by atoms with Crippen LogP contribution in [0.4, 0.5) is 11.4 Å². The van der Waals surface area contributed by atoms with Gasteiger partial charge in [0.25, 0.3) is 11.6 Å². The number of nitro benzene ring substituents is 1. The lowest BCUT2D eigenvalue weighted by Gasteiger charge is -2.11. The number of nitrogens with zero attached hydrogens (tertiary/aromatic N) is 1. The number of amides is 1. The van der Waals surface area contributed by atoms with E-state index in [-0.39, 0.29) is 23.2 Å². The van der Waals surface area contributed by atoms with E-state index in [1.54, 1.807) is 0 Å². The van der Waals surface area contributed by atoms with Gasteiger partial charge in [0.1, 0.15) is 5.56 Å². The molecule has 0 aliphatic heterocycles. The van der Waals surface area contributed by atoms with Crippen LogP contribution < -0.4 is 11.1 Å². The van der Waals surface area contributed by atoms with Gasteiger partial charge in [-0.1, -0.05) is 0 Å². The third-order valence-electron chi connectivity index (χ3n) is 5.50. The Morgan fingerprint density at radius 2 is 1.95 bits per heavy atom. The highest BCUT2D eigenvalue weighted by Gasteiger charge is 2.65. The molecule has 0 heterocycles. The van der Waals surface area contributed by atoms with Crippen LogP contribution in [0.3, 0.4) is 0 Å². The number of hydrogen-bond acceptors (Lipinski definition) is 4. The van der Waals surface area contributed by atoms with Crippen molar-refractivity contribution in [2.75, 3.05) is 5.73 Å². The van der Waals surface area contributed by atoms with E-state index in [0.29, 0.717) is 17.5 Å². The molecule has 0 aromatic heterocycles. The molecule has 1 aromatic carbocycles. The normalized spacial score (nSPS) is 35.3. The zero-order chi connectivity index (χ0) is 14.7. The number of rotatable bonds is 3. The number of hydrogen-bond donors (Lipinski definition) is 2. The zero-order valence-electron chi connectivity index (χ0n) is 11.5. The van der Waals surface area contributed by atoms with Gasteiger partial charge in [0, 0.05) is 17.8 Å². The van der Waals surface area contributed by atoms with Gasteiger partial charge in [-0.3, -0.25) is 14.9 Å². The molecule has 1 aromatic rings. The highest BCUT2D eigenvalue weighted by atomic mass is 16.6. The quantitative estimate of drug-likeness (QED) is 0.504. The molecular formula is C15H17N3O3. The number of nitro groups is 1. The Kier molecular flexibility index (Phi) is 2.52. The summed E-state index contributed by atoms with van der Waals surface area (Å²) in [6.07, 6.45) is 3.85. The first kappa shape index (κ1) is 12.6. The molecule has 3 aliphatic rings. The molecule has 4 rings (SSSR count). The Bertz CT molecular complexity index is 629. The number of nitrogen functional groups attached to an aromatic ring is 1. The predicted octanol–water partition coefficient (Wildman–Crippen LogP) is 1.95. The second-order valence-electron chi connectivity index (χ2n) is 6.52. The summed E-state index contributed by atoms with van der Waals surface area (Å²) in [5, 5.41) is 14.0. The molecule has 0 saturated heterocycles. The van der Waals surface area contributed by atoms with E-state index >= 15 is 0 Å². The second kappa shape index (κ2) is 4.19. The van der Waals surface area contributed by atoms with Gasteiger partial charge in [0.15, 0.2) is 0 Å². The van der Waals surface area contributed by atoms with E-state index < -0.39 is 4.92 Å². The number of benzene rings is 1. The Morgan fingerprint density at radius 1 is 1.29 bits per heavy atom. The number of anilines is 1. The average molecular weight is 287 g/mol. The van der Waals surface area contributed by atoms with Crippen molar-refractivity contribution < 1.29 is 9.72 Å². The maximum Gasteiger partial charge on any atom is 0.282 e. The van der Waals surface area contributed by atoms with Gasteiger partial charge in [0.05, 0.1) is 4.92 Å². The summed E-state index contributed by atoms with van der Waals surface area (Å²) in [7, 11) is 0. The van der Waals surface area contributed by atoms with E-state index in [9.17, 15) is 14.9 Å². The van der Waals surface area contributed by atoms with Crippen molar-refractivity contribution >= 4 is 17.3 Å². The smallest absolute Gasteiger partial charge is 0.282 e. The molecule has 3 N–H and O–H groups in total. The Balaban J connectivity index is 1.54. The van der Waals surface area contributed by atoms with E-state index in [4.69, 9.17) is 5.73 Å². The fourth-order valence-corrected chi connectivity index (χ4v) is 4.64. The third-order valence-corrected chi connectivity index (χ3v) is 5.50. The van der Waals surface area contributed by atoms with Gasteiger partial charge in [-0.05, 0) is 55.1 Å². The Hall–Kier alpha value is -2.11. The lowest BCUT2D eigenvalue weighted by Crippen LogP contribution is -2.30. The Morgan fingerprint density at radius 3 is 2.57 bits per heavy atom. The van der Waals surface area contributed by atoms with Crippen molar-refractivity contribution in [3.8, 4) is 0 Å². The van der Waals surface area contributed by atoms with E-state index in [1.165, 1.54) is 37.5 Å². The topological polar surface area (TPSA) is 98.3 Å². The van der Waals surface area contributed by atoms with Crippen LogP contribution in [0.2, 0.25) is 0 Å². The summed E-state index contributed by atoms with van der Waals surface area (Å²) >= 11 is 0. The van der Waals surface area contributed by atoms with Crippen LogP contribution in [-0.4, -0.2) is 16.9 Å². The summed E-state index contributed by atoms with van der Waals surface area (Å²) < 4.78 is 0. The summed E-state index contributed by atoms with van der Waals surface area (Å²) in [4.78, 5) is 22.9. The molecule has 2 bridgehead atoms. The maximum absolute atomic E-state index is 12.4. The fraction of sp³-hybridized carbons (Fsp3) is 0.533. The van der Waals surface area contributed by atoms with Crippen LogP contribution >= 0.6 is 0 Å². The third kappa shape index (κ3) is 1.81. The summed E-state index contributed by atoms with van der Waals surface area (Å²) in [6, 6.07) is 4.34. The minimum Gasteiger partial charge on any atom is -0.399 e. The molecule has 21 heavy (non-hydrogen) atoms. The standard InChI is InChI=1S/C15H17N3O3/c16-9-3-4-11(18(20)21)10(6-9)15(19)17-14-12-7-1-2-8(5-7)13(12)14/h3-4,6-8,12-14H,1-2,5,16H2,(H,17,19). The molecule has 110 valence electrons. The van der Waals surface area contributed by atoms with Gasteiger partial charge in [-0.25, -0.2) is 0 Å². The molecule has 0 spiro atoms. The minimum absolute atomic E-state index is 0.0670. The van der Waals surface area contributed by atoms with E-state index in [1.807, 2.05) is 0 Å². The van der Waals surface area contributed by atoms with Crippen LogP contribution in [0, 0.1) is 33.8 Å². The number of nitrogens with two attached hydrogens (primary N) is 1. The first-order chi connectivity index (χ1) is 10.1. The molecule has 1 amide bonds. The molecule has 0 radical (unpaired) electrons. The first-order valence-electron chi connectivity index (χ1n) is 7.41. The molecular weight excluding hydrogens is 270 g/mol. The highest BCUT2D eigenvalue weighted by Crippen LogP contribution is 2.65. The van der Waals surface area contributed by atoms with Crippen LogP contribution in [0.15, 0.2) is 18.2 Å². The zero-order valence-corrected chi connectivity index (χ0v) is 11.5. The lowest BCUT2D eigenvalue weighted by atomic mass is 10.0. The first-order valence-corrected chi connectivity index (χ1v) is 7.41. The van der Waals surface area contributed by atoms with Crippen LogP contribution in [0.1, 0.15) is 29.6 Å². The lowest BCUT2D eigenvalue weighted by molar-refractivity contribution is -0.385. The predicted molar refractivity (Wildman–Crippen MR) is 76.6 cm³/mol. The molecule has 4 unspecified atom stereocenters. The average Bonchev–Trinajstić information content (AvgIpc) is 2.83. The van der Waals surface area contributed by atoms with Gasteiger partial charge < -0.3 is 11.1 Å². The Labute approximate surface area is 121 Å². The van der Waals surface area contributed by atoms with Crippen molar-refractivity contribution in [1.29, 1.82) is 0 Å². The van der Waals surface area contributed by atoms with Crippen LogP contribution in [-0.2, 0) is 0 Å². The van der Waals surface area contributed by atoms with Crippen molar-refractivity contribution in [1.82, 2.24) is 5.32 Å². The molecule has 3 saturated carbocycles. The van der Waals surface area contributed by atoms with Gasteiger partial charge in [-0.15, -0.1) is 0 Å². The molecule has 6 heteroatoms. The molecule has 3 aliphatic carbocycles. The minimum atomic E-state index is -0.536. The van der Waals surface area contributed by atoms with Gasteiger partial charge >= 0.3 is 0 Å². The number of nitrogens with one attached hydrogen (secondary N) is 1. The summed E-state index contributed by atoms with van der Waals surface area (Å²) in [5.41, 5.74) is 5.90. The van der Waals surface area contributed by atoms with Crippen LogP contribution in [0.25, 0.3) is 0 Å². The number of fused-ring (bicyclic) bond motifs is 5. The number of carbonyl (C=O) groups is 1. The molecule has 4 atom stereocenters. The maximum atomic E-state index is 12.4. The molecule has 3 fully saturated rings. The second-order valence-corrected chi connectivity index (χ2v) is 6.52. The monoisotopic (exact) mass is 287 g/mol. The van der Waals surface area contributed by atoms with Crippen molar-refractivity contribution in [2.45, 2.75) is 25.3 Å². The van der Waals surface area contributed by atoms with Gasteiger partial charge in [0.2, 0.25) is 0 Å². The van der Waals surface area contributed by atoms with E-state index in [0.717, 1.165) is 11.8 Å². The van der Waals surface area contributed by atoms with Gasteiger partial charge in [-0.2, -0.15) is 0 Å². The highest BCUT2D eigenvalue weighted by molar-refractivity contribution is 5.99. The summed E-state index contributed by atoms with van der Waals surface area (Å²) in [5.74, 6) is 2.34. The summed E-state index contributed by atoms with van der Waals surface area (Å²) in [6.45, 7) is 0.